The topological polar surface area (TPSA) is 125 Å². The number of unbranched alkanes of at least 4 members (excludes halogenated alkanes) is 24. The summed E-state index contributed by atoms with van der Waals surface area (Å²) in [6.45, 7) is 4.63. The molecule has 0 aromatic heterocycles. The molecule has 0 aliphatic rings. The lowest BCUT2D eigenvalue weighted by molar-refractivity contribution is -0.141. The molecule has 0 radical (unpaired) electrons. The number of carbonyl (C=O) groups excluding carboxylic acids is 3. The summed E-state index contributed by atoms with van der Waals surface area (Å²) in [5, 5.41) is 18.1. The number of amides is 3. The van der Waals surface area contributed by atoms with Gasteiger partial charge in [-0.05, 0) is 18.4 Å². The third kappa shape index (κ3) is 30.4. The summed E-state index contributed by atoms with van der Waals surface area (Å²) >= 11 is 0. The highest BCUT2D eigenvalue weighted by molar-refractivity contribution is 5.84. The molecule has 8 nitrogen and oxygen atoms in total. The first kappa shape index (κ1) is 49.1. The number of hydrogen-bond acceptors (Lipinski definition) is 4. The van der Waals surface area contributed by atoms with E-state index < -0.39 is 17.9 Å². The fourth-order valence-corrected chi connectivity index (χ4v) is 7.16. The van der Waals surface area contributed by atoms with Gasteiger partial charge in [0.25, 0.3) is 0 Å². The SMILES string of the molecule is CCCCCCCCCCCCCCCC(=O)NC(CCCCCCCCCCCCCCC)CC(=O)NCCC(=O)N[C@@H](Cc1ccccc1)C(=O)O. The van der Waals surface area contributed by atoms with Gasteiger partial charge in [-0.3, -0.25) is 14.4 Å². The molecule has 1 aromatic carbocycles. The summed E-state index contributed by atoms with van der Waals surface area (Å²) in [5.74, 6) is -1.71. The van der Waals surface area contributed by atoms with Crippen LogP contribution in [0.2, 0.25) is 0 Å². The Morgan fingerprint density at radius 2 is 0.944 bits per heavy atom. The number of nitrogens with one attached hydrogen (secondary N) is 3. The van der Waals surface area contributed by atoms with Gasteiger partial charge in [0.05, 0.1) is 0 Å². The molecule has 0 saturated heterocycles. The highest BCUT2D eigenvalue weighted by atomic mass is 16.4. The normalized spacial score (nSPS) is 12.3. The number of carboxylic acids is 1. The van der Waals surface area contributed by atoms with E-state index in [1.165, 1.54) is 141 Å². The highest BCUT2D eigenvalue weighted by Crippen LogP contribution is 2.16. The minimum atomic E-state index is -1.10. The molecule has 0 fully saturated rings. The molecule has 0 aliphatic carbocycles. The second-order valence-electron chi connectivity index (χ2n) is 15.7. The minimum Gasteiger partial charge on any atom is -0.480 e. The van der Waals surface area contributed by atoms with E-state index in [9.17, 15) is 24.3 Å². The molecule has 310 valence electrons. The van der Waals surface area contributed by atoms with Crippen LogP contribution in [0.5, 0.6) is 0 Å². The van der Waals surface area contributed by atoms with Crippen molar-refractivity contribution in [2.45, 2.75) is 225 Å². The first-order chi connectivity index (χ1) is 26.3. The van der Waals surface area contributed by atoms with Crippen LogP contribution in [-0.4, -0.2) is 47.4 Å². The second kappa shape index (κ2) is 35.8. The van der Waals surface area contributed by atoms with Gasteiger partial charge in [-0.2, -0.15) is 0 Å². The van der Waals surface area contributed by atoms with Crippen molar-refractivity contribution in [1.82, 2.24) is 16.0 Å². The highest BCUT2D eigenvalue weighted by Gasteiger charge is 2.21. The van der Waals surface area contributed by atoms with Crippen LogP contribution in [0.1, 0.15) is 212 Å². The number of rotatable bonds is 38. The summed E-state index contributed by atoms with van der Waals surface area (Å²) in [6.07, 6.45) is 34.6. The van der Waals surface area contributed by atoms with Crippen LogP contribution in [0.4, 0.5) is 0 Å². The van der Waals surface area contributed by atoms with Crippen molar-refractivity contribution in [3.63, 3.8) is 0 Å². The molecular weight excluding hydrogens is 675 g/mol. The molecule has 3 amide bonds. The summed E-state index contributed by atoms with van der Waals surface area (Å²) in [4.78, 5) is 50.1. The third-order valence-electron chi connectivity index (χ3n) is 10.6. The van der Waals surface area contributed by atoms with Gasteiger partial charge in [-0.1, -0.05) is 205 Å². The van der Waals surface area contributed by atoms with Crippen LogP contribution in [-0.2, 0) is 25.6 Å². The Morgan fingerprint density at radius 3 is 1.41 bits per heavy atom. The molecule has 0 aliphatic heterocycles. The molecule has 4 N–H and O–H groups in total. The predicted molar refractivity (Wildman–Crippen MR) is 225 cm³/mol. The Balaban J connectivity index is 2.39. The van der Waals surface area contributed by atoms with Gasteiger partial charge in [0, 0.05) is 38.3 Å². The van der Waals surface area contributed by atoms with E-state index >= 15 is 0 Å². The van der Waals surface area contributed by atoms with Crippen LogP contribution >= 0.6 is 0 Å². The lowest BCUT2D eigenvalue weighted by atomic mass is 10.0. The van der Waals surface area contributed by atoms with E-state index in [0.717, 1.165) is 37.7 Å². The van der Waals surface area contributed by atoms with Gasteiger partial charge < -0.3 is 21.1 Å². The number of hydrogen-bond donors (Lipinski definition) is 4. The van der Waals surface area contributed by atoms with Crippen molar-refractivity contribution in [2.24, 2.45) is 0 Å². The zero-order valence-electron chi connectivity index (χ0n) is 34.7. The number of carbonyl (C=O) groups is 4. The Hall–Kier alpha value is -2.90. The van der Waals surface area contributed by atoms with Crippen LogP contribution in [0.3, 0.4) is 0 Å². The van der Waals surface area contributed by atoms with Gasteiger partial charge in [-0.25, -0.2) is 4.79 Å². The fourth-order valence-electron chi connectivity index (χ4n) is 7.16. The average molecular weight is 756 g/mol. The van der Waals surface area contributed by atoms with Gasteiger partial charge in [0.2, 0.25) is 17.7 Å². The molecule has 1 unspecified atom stereocenters. The Morgan fingerprint density at radius 1 is 0.519 bits per heavy atom. The lowest BCUT2D eigenvalue weighted by Gasteiger charge is -2.19. The summed E-state index contributed by atoms with van der Waals surface area (Å²) in [7, 11) is 0. The van der Waals surface area contributed by atoms with Crippen molar-refractivity contribution >= 4 is 23.7 Å². The maximum Gasteiger partial charge on any atom is 0.326 e. The lowest BCUT2D eigenvalue weighted by Crippen LogP contribution is -2.43. The van der Waals surface area contributed by atoms with Crippen LogP contribution in [0, 0.1) is 0 Å². The van der Waals surface area contributed by atoms with E-state index in [1.807, 2.05) is 30.3 Å². The van der Waals surface area contributed by atoms with Crippen molar-refractivity contribution < 1.29 is 24.3 Å². The fraction of sp³-hybridized carbons (Fsp3) is 0.783. The number of benzene rings is 1. The number of aliphatic carboxylic acids is 1. The van der Waals surface area contributed by atoms with Gasteiger partial charge >= 0.3 is 5.97 Å². The Bertz CT molecular complexity index is 1070. The molecule has 2 atom stereocenters. The molecule has 1 aromatic rings. The van der Waals surface area contributed by atoms with E-state index in [1.54, 1.807) is 0 Å². The maximum absolute atomic E-state index is 12.9. The summed E-state index contributed by atoms with van der Waals surface area (Å²) in [5.41, 5.74) is 0.823. The van der Waals surface area contributed by atoms with Gasteiger partial charge in [0.1, 0.15) is 6.04 Å². The van der Waals surface area contributed by atoms with E-state index in [2.05, 4.69) is 29.8 Å². The van der Waals surface area contributed by atoms with Gasteiger partial charge in [-0.15, -0.1) is 0 Å². The third-order valence-corrected chi connectivity index (χ3v) is 10.6. The van der Waals surface area contributed by atoms with Gasteiger partial charge in [0.15, 0.2) is 0 Å². The van der Waals surface area contributed by atoms with Crippen LogP contribution in [0.15, 0.2) is 30.3 Å². The number of carboxylic acid groups (broad SMARTS) is 1. The molecule has 0 bridgehead atoms. The maximum atomic E-state index is 12.9. The molecule has 0 saturated carbocycles. The standard InChI is InChI=1S/C46H81N3O5/c1-3-5-7-9-11-13-15-17-19-21-23-25-30-34-41(48-43(50)35-31-26-24-22-20-18-16-14-12-10-8-6-4-2)39-45(52)47-37-36-44(51)49-42(46(53)54)38-40-32-28-27-29-33-40/h27-29,32-33,41-42H,3-26,30-31,34-39H2,1-2H3,(H,47,52)(H,48,50)(H,49,51)(H,53,54)/t41?,42-/m0/s1. The van der Waals surface area contributed by atoms with Crippen LogP contribution in [0.25, 0.3) is 0 Å². The molecule has 1 rings (SSSR count). The van der Waals surface area contributed by atoms with E-state index in [0.29, 0.717) is 6.42 Å². The first-order valence-corrected chi connectivity index (χ1v) is 22.5. The summed E-state index contributed by atoms with van der Waals surface area (Å²) < 4.78 is 0. The largest absolute Gasteiger partial charge is 0.480 e. The zero-order valence-corrected chi connectivity index (χ0v) is 34.7. The van der Waals surface area contributed by atoms with Crippen molar-refractivity contribution in [3.8, 4) is 0 Å². The second-order valence-corrected chi connectivity index (χ2v) is 15.7. The van der Waals surface area contributed by atoms with Crippen molar-refractivity contribution in [2.75, 3.05) is 6.54 Å². The molecule has 8 heteroatoms. The molecule has 0 heterocycles. The predicted octanol–water partition coefficient (Wildman–Crippen LogP) is 11.1. The van der Waals surface area contributed by atoms with Crippen LogP contribution < -0.4 is 16.0 Å². The zero-order chi connectivity index (χ0) is 39.3. The Kier molecular flexibility index (Phi) is 32.5. The van der Waals surface area contributed by atoms with E-state index in [4.69, 9.17) is 0 Å². The monoisotopic (exact) mass is 756 g/mol. The average Bonchev–Trinajstić information content (AvgIpc) is 3.15. The smallest absolute Gasteiger partial charge is 0.326 e. The Labute approximate surface area is 330 Å². The molecule has 54 heavy (non-hydrogen) atoms. The molecular formula is C46H81N3O5. The minimum absolute atomic E-state index is 0.0146. The van der Waals surface area contributed by atoms with Crippen molar-refractivity contribution in [1.29, 1.82) is 0 Å². The summed E-state index contributed by atoms with van der Waals surface area (Å²) in [6, 6.07) is 7.91. The van der Waals surface area contributed by atoms with Crippen molar-refractivity contribution in [3.05, 3.63) is 35.9 Å². The first-order valence-electron chi connectivity index (χ1n) is 22.5. The molecule has 0 spiro atoms. The quantitative estimate of drug-likeness (QED) is 0.0500. The van der Waals surface area contributed by atoms with E-state index in [-0.39, 0.29) is 43.7 Å².